The quantitative estimate of drug-likeness (QED) is 0.438. The molecule has 122 valence electrons. The maximum atomic E-state index is 11.5. The van der Waals surface area contributed by atoms with Crippen molar-refractivity contribution in [2.45, 2.75) is 33.3 Å². The van der Waals surface area contributed by atoms with Gasteiger partial charge in [-0.05, 0) is 24.5 Å². The molecule has 0 atom stereocenters. The van der Waals surface area contributed by atoms with E-state index in [1.54, 1.807) is 0 Å². The molecule has 1 aromatic heterocycles. The second-order valence-corrected chi connectivity index (χ2v) is 5.40. The summed E-state index contributed by atoms with van der Waals surface area (Å²) in [5.74, 6) is 0.512. The van der Waals surface area contributed by atoms with Crippen molar-refractivity contribution in [2.24, 2.45) is 5.92 Å². The maximum Gasteiger partial charge on any atom is 0.306 e. The van der Waals surface area contributed by atoms with E-state index < -0.39 is 4.92 Å². The number of hydrogen-bond donors (Lipinski definition) is 0. The minimum atomic E-state index is -0.486. The van der Waals surface area contributed by atoms with Gasteiger partial charge in [-0.2, -0.15) is 0 Å². The summed E-state index contributed by atoms with van der Waals surface area (Å²) >= 11 is 0. The standard InChI is InChI=1S/C15H17N3O5/c1-10(2)3-8-14(19)22-9-13-16-17-15(23-13)11-4-6-12(7-5-11)18(20)21/h4-7,10H,3,8-9H2,1-2H3. The van der Waals surface area contributed by atoms with Gasteiger partial charge in [0.25, 0.3) is 11.6 Å². The Bertz CT molecular complexity index is 679. The number of carbonyl (C=O) groups is 1. The molecule has 0 saturated heterocycles. The molecule has 2 aromatic rings. The average Bonchev–Trinajstić information content (AvgIpc) is 3.00. The summed E-state index contributed by atoms with van der Waals surface area (Å²) in [4.78, 5) is 21.6. The zero-order valence-electron chi connectivity index (χ0n) is 12.9. The average molecular weight is 319 g/mol. The van der Waals surface area contributed by atoms with Gasteiger partial charge < -0.3 is 9.15 Å². The summed E-state index contributed by atoms with van der Waals surface area (Å²) in [6.07, 6.45) is 1.11. The van der Waals surface area contributed by atoms with Gasteiger partial charge in [-0.1, -0.05) is 13.8 Å². The first-order valence-electron chi connectivity index (χ1n) is 7.18. The van der Waals surface area contributed by atoms with E-state index in [-0.39, 0.29) is 30.0 Å². The van der Waals surface area contributed by atoms with Crippen molar-refractivity contribution in [1.82, 2.24) is 10.2 Å². The summed E-state index contributed by atoms with van der Waals surface area (Å²) in [7, 11) is 0. The first kappa shape index (κ1) is 16.6. The third-order valence-electron chi connectivity index (χ3n) is 3.07. The van der Waals surface area contributed by atoms with E-state index in [9.17, 15) is 14.9 Å². The molecule has 0 fully saturated rings. The molecule has 0 aliphatic heterocycles. The van der Waals surface area contributed by atoms with Crippen molar-refractivity contribution in [3.05, 3.63) is 40.3 Å². The van der Waals surface area contributed by atoms with Crippen molar-refractivity contribution in [1.29, 1.82) is 0 Å². The zero-order valence-corrected chi connectivity index (χ0v) is 12.9. The number of benzene rings is 1. The molecule has 0 saturated carbocycles. The Kier molecular flexibility index (Phi) is 5.40. The molecule has 0 bridgehead atoms. The fraction of sp³-hybridized carbons (Fsp3) is 0.400. The molecule has 0 aliphatic rings. The van der Waals surface area contributed by atoms with E-state index in [1.807, 2.05) is 13.8 Å². The lowest BCUT2D eigenvalue weighted by Crippen LogP contribution is -2.06. The van der Waals surface area contributed by atoms with Gasteiger partial charge in [0.2, 0.25) is 5.89 Å². The number of rotatable bonds is 7. The SMILES string of the molecule is CC(C)CCC(=O)OCc1nnc(-c2ccc([N+](=O)[O-])cc2)o1. The number of hydrogen-bond acceptors (Lipinski definition) is 7. The molecule has 8 heteroatoms. The fourth-order valence-corrected chi connectivity index (χ4v) is 1.78. The van der Waals surface area contributed by atoms with Crippen LogP contribution in [0.3, 0.4) is 0 Å². The van der Waals surface area contributed by atoms with E-state index in [0.29, 0.717) is 17.9 Å². The number of nitro benzene ring substituents is 1. The number of nitrogens with zero attached hydrogens (tertiary/aromatic N) is 3. The lowest BCUT2D eigenvalue weighted by molar-refractivity contribution is -0.384. The fourth-order valence-electron chi connectivity index (χ4n) is 1.78. The molecule has 2 rings (SSSR count). The Hall–Kier alpha value is -2.77. The van der Waals surface area contributed by atoms with E-state index in [2.05, 4.69) is 10.2 Å². The van der Waals surface area contributed by atoms with Gasteiger partial charge in [0, 0.05) is 24.1 Å². The van der Waals surface area contributed by atoms with E-state index in [1.165, 1.54) is 24.3 Å². The highest BCUT2D eigenvalue weighted by Gasteiger charge is 2.13. The van der Waals surface area contributed by atoms with Crippen LogP contribution in [0.2, 0.25) is 0 Å². The van der Waals surface area contributed by atoms with E-state index in [4.69, 9.17) is 9.15 Å². The van der Waals surface area contributed by atoms with Gasteiger partial charge in [-0.3, -0.25) is 14.9 Å². The molecule has 0 spiro atoms. The van der Waals surface area contributed by atoms with Gasteiger partial charge >= 0.3 is 5.97 Å². The lowest BCUT2D eigenvalue weighted by Gasteiger charge is -2.03. The molecule has 1 heterocycles. The Morgan fingerprint density at radius 1 is 1.30 bits per heavy atom. The number of carbonyl (C=O) groups excluding carboxylic acids is 1. The predicted molar refractivity (Wildman–Crippen MR) is 80.3 cm³/mol. The minimum absolute atomic E-state index is 0.0208. The van der Waals surface area contributed by atoms with E-state index >= 15 is 0 Å². The Labute approximate surface area is 132 Å². The second kappa shape index (κ2) is 7.48. The molecule has 0 radical (unpaired) electrons. The van der Waals surface area contributed by atoms with Crippen LogP contribution in [0.25, 0.3) is 11.5 Å². The van der Waals surface area contributed by atoms with Gasteiger partial charge in [0.1, 0.15) is 0 Å². The summed E-state index contributed by atoms with van der Waals surface area (Å²) in [6, 6.07) is 5.74. The summed E-state index contributed by atoms with van der Waals surface area (Å²) in [6.45, 7) is 3.97. The first-order valence-corrected chi connectivity index (χ1v) is 7.18. The third-order valence-corrected chi connectivity index (χ3v) is 3.07. The number of ether oxygens (including phenoxy) is 1. The molecular formula is C15H17N3O5. The molecule has 0 unspecified atom stereocenters. The van der Waals surface area contributed by atoms with Gasteiger partial charge in [-0.15, -0.1) is 10.2 Å². The normalized spacial score (nSPS) is 10.7. The molecular weight excluding hydrogens is 302 g/mol. The van der Waals surface area contributed by atoms with Crippen LogP contribution in [-0.4, -0.2) is 21.1 Å². The zero-order chi connectivity index (χ0) is 16.8. The minimum Gasteiger partial charge on any atom is -0.456 e. The van der Waals surface area contributed by atoms with Crippen LogP contribution in [0.4, 0.5) is 5.69 Å². The molecule has 0 N–H and O–H groups in total. The van der Waals surface area contributed by atoms with Crippen LogP contribution in [0, 0.1) is 16.0 Å². The van der Waals surface area contributed by atoms with Crippen LogP contribution >= 0.6 is 0 Å². The number of aromatic nitrogens is 2. The van der Waals surface area contributed by atoms with Crippen molar-refractivity contribution in [3.8, 4) is 11.5 Å². The van der Waals surface area contributed by atoms with Crippen molar-refractivity contribution in [3.63, 3.8) is 0 Å². The Morgan fingerprint density at radius 2 is 2.00 bits per heavy atom. The van der Waals surface area contributed by atoms with Crippen molar-refractivity contribution < 1.29 is 18.9 Å². The molecule has 0 aliphatic carbocycles. The topological polar surface area (TPSA) is 108 Å². The Morgan fingerprint density at radius 3 is 2.61 bits per heavy atom. The third kappa shape index (κ3) is 4.87. The number of non-ortho nitro benzene ring substituents is 1. The number of esters is 1. The Balaban J connectivity index is 1.92. The molecule has 23 heavy (non-hydrogen) atoms. The second-order valence-electron chi connectivity index (χ2n) is 5.40. The molecule has 1 aromatic carbocycles. The van der Waals surface area contributed by atoms with Gasteiger partial charge in [0.05, 0.1) is 4.92 Å². The van der Waals surface area contributed by atoms with Crippen molar-refractivity contribution >= 4 is 11.7 Å². The highest BCUT2D eigenvalue weighted by Crippen LogP contribution is 2.21. The van der Waals surface area contributed by atoms with Gasteiger partial charge in [0.15, 0.2) is 6.61 Å². The summed E-state index contributed by atoms with van der Waals surface area (Å²) in [5.41, 5.74) is 0.535. The highest BCUT2D eigenvalue weighted by atomic mass is 16.6. The van der Waals surface area contributed by atoms with Gasteiger partial charge in [-0.25, -0.2) is 0 Å². The van der Waals surface area contributed by atoms with Crippen LogP contribution in [0.5, 0.6) is 0 Å². The first-order chi connectivity index (χ1) is 11.0. The predicted octanol–water partition coefficient (Wildman–Crippen LogP) is 3.12. The van der Waals surface area contributed by atoms with Crippen LogP contribution < -0.4 is 0 Å². The van der Waals surface area contributed by atoms with E-state index in [0.717, 1.165) is 6.42 Å². The maximum absolute atomic E-state index is 11.5. The van der Waals surface area contributed by atoms with Crippen molar-refractivity contribution in [2.75, 3.05) is 0 Å². The highest BCUT2D eigenvalue weighted by molar-refractivity contribution is 5.69. The van der Waals surface area contributed by atoms with Crippen LogP contribution in [0.1, 0.15) is 32.6 Å². The smallest absolute Gasteiger partial charge is 0.306 e. The molecule has 0 amide bonds. The summed E-state index contributed by atoms with van der Waals surface area (Å²) < 4.78 is 10.4. The largest absolute Gasteiger partial charge is 0.456 e. The summed E-state index contributed by atoms with van der Waals surface area (Å²) in [5, 5.41) is 18.2. The van der Waals surface area contributed by atoms with Crippen LogP contribution in [-0.2, 0) is 16.1 Å². The van der Waals surface area contributed by atoms with Crippen LogP contribution in [0.15, 0.2) is 28.7 Å². The molecule has 8 nitrogen and oxygen atoms in total. The number of nitro groups is 1. The monoisotopic (exact) mass is 319 g/mol. The lowest BCUT2D eigenvalue weighted by atomic mass is 10.1.